The fourth-order valence-corrected chi connectivity index (χ4v) is 16.6. The average Bonchev–Trinajstić information content (AvgIpc) is 3.99. The molecule has 0 aromatic rings. The molecule has 2 heterocycles. The molecule has 6 saturated carbocycles. The lowest BCUT2D eigenvalue weighted by Gasteiger charge is -2.59. The van der Waals surface area contributed by atoms with Gasteiger partial charge in [-0.05, 0) is 162 Å². The Labute approximate surface area is 335 Å². The molecule has 8 heteroatoms. The Hall–Kier alpha value is -2.36. The molecule has 0 N–H and O–H groups in total. The van der Waals surface area contributed by atoms with Crippen molar-refractivity contribution in [3.8, 4) is 0 Å². The van der Waals surface area contributed by atoms with Crippen LogP contribution in [0.25, 0.3) is 9.69 Å². The number of fused-ring (bicyclic) bond motifs is 10. The summed E-state index contributed by atoms with van der Waals surface area (Å²) in [5.41, 5.74) is 3.42. The second kappa shape index (κ2) is 14.1. The number of rotatable bonds is 4. The van der Waals surface area contributed by atoms with Crippen LogP contribution in [-0.4, -0.2) is 62.7 Å². The van der Waals surface area contributed by atoms with Crippen LogP contribution in [0, 0.1) is 82.1 Å². The van der Waals surface area contributed by atoms with Crippen LogP contribution in [0.2, 0.25) is 0 Å². The molecule has 10 aliphatic rings. The highest BCUT2D eigenvalue weighted by atomic mass is 16.7. The maximum atomic E-state index is 12.3. The highest BCUT2D eigenvalue weighted by Gasteiger charge is 2.67. The van der Waals surface area contributed by atoms with Crippen LogP contribution in [0.15, 0.2) is 23.3 Å². The van der Waals surface area contributed by atoms with Crippen LogP contribution in [0.4, 0.5) is 0 Å². The minimum Gasteiger partial charge on any atom is -0.348 e. The Kier molecular flexibility index (Phi) is 9.88. The molecule has 56 heavy (non-hydrogen) atoms. The molecule has 304 valence electrons. The topological polar surface area (TPSA) is 79.8 Å². The third kappa shape index (κ3) is 5.76. The fraction of sp³-hybridized carbons (Fsp3) is 0.833. The number of carbonyl (C=O) groups excluding carboxylic acids is 2. The average molecular weight is 767 g/mol. The number of carbonyl (C=O) groups is 2. The van der Waals surface area contributed by atoms with E-state index < -0.39 is 11.6 Å². The van der Waals surface area contributed by atoms with Crippen molar-refractivity contribution in [1.29, 1.82) is 0 Å². The van der Waals surface area contributed by atoms with Gasteiger partial charge in [-0.2, -0.15) is 0 Å². The third-order valence-corrected chi connectivity index (χ3v) is 19.0. The van der Waals surface area contributed by atoms with E-state index in [9.17, 15) is 9.59 Å². The largest absolute Gasteiger partial charge is 0.348 e. The summed E-state index contributed by atoms with van der Waals surface area (Å²) >= 11 is 0. The van der Waals surface area contributed by atoms with Gasteiger partial charge >= 0.3 is 0 Å². The van der Waals surface area contributed by atoms with Gasteiger partial charge in [0.2, 0.25) is 13.1 Å². The first-order valence-electron chi connectivity index (χ1n) is 22.6. The number of hydrogen-bond acceptors (Lipinski definition) is 6. The predicted molar refractivity (Wildman–Crippen MR) is 213 cm³/mol. The second-order valence-electron chi connectivity index (χ2n) is 20.7. The number of Topliss-reactive ketones (excluding diaryl/α,β-unsaturated/α-hetero) is 1. The van der Waals surface area contributed by atoms with Crippen molar-refractivity contribution in [2.75, 3.05) is 39.5 Å². The van der Waals surface area contributed by atoms with E-state index >= 15 is 0 Å². The monoisotopic (exact) mass is 766 g/mol. The first kappa shape index (κ1) is 39.1. The van der Waals surface area contributed by atoms with E-state index in [4.69, 9.17) is 32.1 Å². The van der Waals surface area contributed by atoms with Crippen LogP contribution in [0.3, 0.4) is 0 Å². The Balaban J connectivity index is 0.000000150. The van der Waals surface area contributed by atoms with Crippen molar-refractivity contribution < 1.29 is 28.5 Å². The van der Waals surface area contributed by atoms with Gasteiger partial charge < -0.3 is 28.6 Å². The smallest absolute Gasteiger partial charge is 0.221 e. The van der Waals surface area contributed by atoms with Gasteiger partial charge in [0.1, 0.15) is 5.78 Å². The SMILES string of the molecule is [C-]#[N+]C[C@]12CC[C@@H]3[C@@H](CCC4=CC(=O)CC[C@]43C)[C@@H]1CC[C@@H]2C(C)=O.[C-]#[N+]C[C@]12CC[C@@H]3[C@@H](CCC4=CC5(CC[C@]43C)OCCO5)[C@@H]1CC[C@@H]2C1(C)OCCO1. The van der Waals surface area contributed by atoms with E-state index in [1.807, 2.05) is 6.08 Å². The van der Waals surface area contributed by atoms with Crippen molar-refractivity contribution in [3.63, 3.8) is 0 Å². The molecule has 0 amide bonds. The van der Waals surface area contributed by atoms with E-state index in [1.54, 1.807) is 12.5 Å². The van der Waals surface area contributed by atoms with Crippen LogP contribution in [0.5, 0.6) is 0 Å². The van der Waals surface area contributed by atoms with Crippen molar-refractivity contribution in [2.24, 2.45) is 69.0 Å². The summed E-state index contributed by atoms with van der Waals surface area (Å²) in [7, 11) is 0. The molecular formula is C48H66N2O6. The van der Waals surface area contributed by atoms with Crippen molar-refractivity contribution >= 4 is 11.6 Å². The van der Waals surface area contributed by atoms with Gasteiger partial charge in [-0.15, -0.1) is 0 Å². The summed E-state index contributed by atoms with van der Waals surface area (Å²) in [5, 5.41) is 0. The fourth-order valence-electron chi connectivity index (χ4n) is 16.6. The molecule has 8 nitrogen and oxygen atoms in total. The molecule has 1 spiro atoms. The van der Waals surface area contributed by atoms with Gasteiger partial charge in [0, 0.05) is 24.7 Å². The molecule has 8 fully saturated rings. The van der Waals surface area contributed by atoms with Crippen LogP contribution in [0.1, 0.15) is 130 Å². The highest BCUT2D eigenvalue weighted by Crippen LogP contribution is 2.70. The zero-order chi connectivity index (χ0) is 39.1. The summed E-state index contributed by atoms with van der Waals surface area (Å²) < 4.78 is 24.5. The minimum absolute atomic E-state index is 0.0587. The maximum Gasteiger partial charge on any atom is 0.221 e. The molecule has 2 saturated heterocycles. The maximum absolute atomic E-state index is 12.3. The number of ether oxygens (including phenoxy) is 4. The third-order valence-electron chi connectivity index (χ3n) is 19.0. The van der Waals surface area contributed by atoms with Crippen molar-refractivity contribution in [2.45, 2.75) is 142 Å². The Bertz CT molecular complexity index is 1740. The van der Waals surface area contributed by atoms with Gasteiger partial charge in [-0.25, -0.2) is 13.1 Å². The zero-order valence-electron chi connectivity index (χ0n) is 34.7. The minimum atomic E-state index is -0.496. The zero-order valence-corrected chi connectivity index (χ0v) is 34.7. The second-order valence-corrected chi connectivity index (χ2v) is 20.7. The molecular weight excluding hydrogens is 701 g/mol. The molecule has 8 aliphatic carbocycles. The molecule has 12 atom stereocenters. The molecule has 0 aromatic heterocycles. The van der Waals surface area contributed by atoms with Gasteiger partial charge in [-0.1, -0.05) is 25.0 Å². The lowest BCUT2D eigenvalue weighted by atomic mass is 9.46. The van der Waals surface area contributed by atoms with Crippen LogP contribution in [-0.2, 0) is 28.5 Å². The van der Waals surface area contributed by atoms with Gasteiger partial charge in [0.25, 0.3) is 0 Å². The summed E-state index contributed by atoms with van der Waals surface area (Å²) in [6, 6.07) is 0. The number of hydrogen-bond donors (Lipinski definition) is 0. The molecule has 0 unspecified atom stereocenters. The Morgan fingerprint density at radius 3 is 1.89 bits per heavy atom. The molecule has 2 aliphatic heterocycles. The summed E-state index contributed by atoms with van der Waals surface area (Å²) in [6.45, 7) is 28.1. The molecule has 0 aromatic carbocycles. The van der Waals surface area contributed by atoms with Gasteiger partial charge in [0.15, 0.2) is 17.4 Å². The number of nitrogens with zero attached hydrogens (tertiary/aromatic N) is 2. The van der Waals surface area contributed by atoms with Crippen molar-refractivity contribution in [3.05, 3.63) is 46.1 Å². The van der Waals surface area contributed by atoms with Crippen molar-refractivity contribution in [1.82, 2.24) is 0 Å². The van der Waals surface area contributed by atoms with E-state index in [0.717, 1.165) is 90.3 Å². The normalized spacial score (nSPS) is 46.6. The number of ketones is 2. The highest BCUT2D eigenvalue weighted by molar-refractivity contribution is 5.91. The first-order chi connectivity index (χ1) is 26.9. The van der Waals surface area contributed by atoms with Crippen LogP contribution >= 0.6 is 0 Å². The standard InChI is InChI=1S/C26H37NO4.C22H29NO2/c1-23-10-11-26(30-14-15-31-26)16-18(23)4-5-19-20(23)8-9-25(17-27-3)21(19)6-7-22(25)24(2)28-12-13-29-24;1-14(24)18-6-7-20-17-5-4-15-12-16(25)8-10-21(15,2)19(17)9-11-22(18,20)13-23-3/h16,19-22H,4-15,17H2,1-2H3;12,17-20H,4-11,13H2,1-2H3/t19-,20-,21+,22-,23-,25-;17-,18-,19-,20+,21-,22+/m11/s1. The summed E-state index contributed by atoms with van der Waals surface area (Å²) in [4.78, 5) is 32.1. The van der Waals surface area contributed by atoms with Gasteiger partial charge in [-0.3, -0.25) is 9.59 Å². The predicted octanol–water partition coefficient (Wildman–Crippen LogP) is 9.59. The number of allylic oxidation sites excluding steroid dienone is 2. The lowest BCUT2D eigenvalue weighted by Crippen LogP contribution is -2.56. The summed E-state index contributed by atoms with van der Waals surface area (Å²) in [6.07, 6.45) is 21.8. The lowest BCUT2D eigenvalue weighted by molar-refractivity contribution is -0.216. The van der Waals surface area contributed by atoms with E-state index in [0.29, 0.717) is 85.7 Å². The van der Waals surface area contributed by atoms with E-state index in [-0.39, 0.29) is 27.6 Å². The van der Waals surface area contributed by atoms with Gasteiger partial charge in [0.05, 0.1) is 37.3 Å². The van der Waals surface area contributed by atoms with E-state index in [1.165, 1.54) is 24.8 Å². The molecule has 10 rings (SSSR count). The van der Waals surface area contributed by atoms with Crippen LogP contribution < -0.4 is 0 Å². The van der Waals surface area contributed by atoms with E-state index in [2.05, 4.69) is 36.5 Å². The summed E-state index contributed by atoms with van der Waals surface area (Å²) in [5.74, 6) is 3.99. The Morgan fingerprint density at radius 1 is 0.661 bits per heavy atom. The Morgan fingerprint density at radius 2 is 1.23 bits per heavy atom. The first-order valence-corrected chi connectivity index (χ1v) is 22.6. The quantitative estimate of drug-likeness (QED) is 0.210. The molecule has 0 radical (unpaired) electrons. The molecule has 0 bridgehead atoms.